The molecule has 0 fully saturated rings. The summed E-state index contributed by atoms with van der Waals surface area (Å²) in [6.45, 7) is 0.104. The van der Waals surface area contributed by atoms with Crippen LogP contribution in [-0.4, -0.2) is 23.6 Å². The van der Waals surface area contributed by atoms with Crippen LogP contribution in [0.2, 0.25) is 0 Å². The van der Waals surface area contributed by atoms with Crippen molar-refractivity contribution < 1.29 is 14.3 Å². The first-order valence-corrected chi connectivity index (χ1v) is 9.57. The van der Waals surface area contributed by atoms with Crippen LogP contribution in [0.5, 0.6) is 0 Å². The normalized spacial score (nSPS) is 16.3. The smallest absolute Gasteiger partial charge is 0.354 e. The van der Waals surface area contributed by atoms with Crippen LogP contribution in [0.25, 0.3) is 10.2 Å². The van der Waals surface area contributed by atoms with E-state index in [0.29, 0.717) is 5.69 Å². The predicted octanol–water partition coefficient (Wildman–Crippen LogP) is 3.68. The van der Waals surface area contributed by atoms with Crippen molar-refractivity contribution in [1.82, 2.24) is 9.88 Å². The molecule has 0 saturated heterocycles. The van der Waals surface area contributed by atoms with E-state index in [1.54, 1.807) is 10.6 Å². The Morgan fingerprint density at radius 2 is 2.15 bits per heavy atom. The van der Waals surface area contributed by atoms with E-state index in [0.717, 1.165) is 29.5 Å². The fourth-order valence-electron chi connectivity index (χ4n) is 3.69. The summed E-state index contributed by atoms with van der Waals surface area (Å²) in [5.41, 5.74) is 2.92. The molecule has 1 N–H and O–H groups in total. The quantitative estimate of drug-likeness (QED) is 0.715. The summed E-state index contributed by atoms with van der Waals surface area (Å²) in [7, 11) is 1.35. The van der Waals surface area contributed by atoms with Gasteiger partial charge >= 0.3 is 5.97 Å². The fraction of sp³-hybridized carbons (Fsp3) is 0.300. The number of fused-ring (bicyclic) bond motifs is 2. The van der Waals surface area contributed by atoms with E-state index in [4.69, 9.17) is 4.74 Å². The van der Waals surface area contributed by atoms with E-state index in [1.807, 2.05) is 23.6 Å². The summed E-state index contributed by atoms with van der Waals surface area (Å²) in [5.74, 6) is -0.521. The Hall–Kier alpha value is -2.60. The first-order valence-electron chi connectivity index (χ1n) is 8.69. The molecule has 1 atom stereocenters. The zero-order valence-electron chi connectivity index (χ0n) is 14.5. The first kappa shape index (κ1) is 16.8. The monoisotopic (exact) mass is 368 g/mol. The molecule has 2 aromatic heterocycles. The van der Waals surface area contributed by atoms with E-state index in [9.17, 15) is 9.59 Å². The highest BCUT2D eigenvalue weighted by atomic mass is 32.1. The summed E-state index contributed by atoms with van der Waals surface area (Å²) in [6.07, 6.45) is 3.06. The van der Waals surface area contributed by atoms with Gasteiger partial charge in [0.15, 0.2) is 0 Å². The molecular formula is C20H20N2O3S. The van der Waals surface area contributed by atoms with Crippen molar-refractivity contribution in [3.05, 3.63) is 58.6 Å². The van der Waals surface area contributed by atoms with E-state index in [2.05, 4.69) is 17.4 Å². The van der Waals surface area contributed by atoms with Crippen LogP contribution in [0, 0.1) is 0 Å². The average molecular weight is 368 g/mol. The maximum atomic E-state index is 12.7. The number of carbonyl (C=O) groups is 2. The maximum absolute atomic E-state index is 12.7. The van der Waals surface area contributed by atoms with Crippen LogP contribution < -0.4 is 5.32 Å². The van der Waals surface area contributed by atoms with Crippen LogP contribution in [0.3, 0.4) is 0 Å². The number of carbonyl (C=O) groups excluding carboxylic acids is 2. The first-order chi connectivity index (χ1) is 12.7. The number of esters is 1. The number of methoxy groups -OCH3 is 1. The lowest BCUT2D eigenvalue weighted by Gasteiger charge is -2.26. The molecule has 0 aliphatic heterocycles. The molecule has 1 unspecified atom stereocenters. The summed E-state index contributed by atoms with van der Waals surface area (Å²) in [4.78, 5) is 25.7. The molecule has 4 rings (SSSR count). The molecule has 5 nitrogen and oxygen atoms in total. The Morgan fingerprint density at radius 3 is 3.00 bits per heavy atom. The van der Waals surface area contributed by atoms with Gasteiger partial charge in [0.1, 0.15) is 17.1 Å². The van der Waals surface area contributed by atoms with Crippen molar-refractivity contribution in [2.75, 3.05) is 7.11 Å². The molecule has 1 amide bonds. The minimum atomic E-state index is -0.427. The Labute approximate surface area is 155 Å². The number of thiophene rings is 1. The summed E-state index contributed by atoms with van der Waals surface area (Å²) in [5, 5.41) is 6.05. The number of hydrogen-bond donors (Lipinski definition) is 1. The molecule has 3 aromatic rings. The second-order valence-electron chi connectivity index (χ2n) is 6.50. The molecule has 1 aliphatic carbocycles. The Bertz CT molecular complexity index is 973. The Balaban J connectivity index is 1.57. The van der Waals surface area contributed by atoms with Crippen LogP contribution in [-0.2, 0) is 22.5 Å². The average Bonchev–Trinajstić information content (AvgIpc) is 3.24. The second-order valence-corrected chi connectivity index (χ2v) is 7.39. The molecule has 0 spiro atoms. The highest BCUT2D eigenvalue weighted by Crippen LogP contribution is 2.30. The van der Waals surface area contributed by atoms with E-state index in [1.165, 1.54) is 29.6 Å². The number of aromatic nitrogens is 1. The highest BCUT2D eigenvalue weighted by molar-refractivity contribution is 7.16. The lowest BCUT2D eigenvalue weighted by atomic mass is 9.88. The maximum Gasteiger partial charge on any atom is 0.354 e. The molecule has 0 saturated carbocycles. The van der Waals surface area contributed by atoms with Crippen molar-refractivity contribution in [2.24, 2.45) is 0 Å². The number of nitrogens with zero attached hydrogens (tertiary/aromatic N) is 1. The van der Waals surface area contributed by atoms with E-state index < -0.39 is 5.97 Å². The topological polar surface area (TPSA) is 60.3 Å². The van der Waals surface area contributed by atoms with Crippen LogP contribution in [0.4, 0.5) is 0 Å². The number of benzene rings is 1. The Kier molecular flexibility index (Phi) is 4.51. The van der Waals surface area contributed by atoms with Crippen molar-refractivity contribution in [1.29, 1.82) is 0 Å². The third-order valence-electron chi connectivity index (χ3n) is 4.90. The van der Waals surface area contributed by atoms with Gasteiger partial charge in [0.05, 0.1) is 13.2 Å². The van der Waals surface area contributed by atoms with Crippen molar-refractivity contribution >= 4 is 33.4 Å². The third kappa shape index (κ3) is 3.01. The lowest BCUT2D eigenvalue weighted by molar-refractivity contribution is -0.122. The van der Waals surface area contributed by atoms with Crippen molar-refractivity contribution in [3.8, 4) is 0 Å². The third-order valence-corrected chi connectivity index (χ3v) is 5.85. The zero-order chi connectivity index (χ0) is 18.1. The van der Waals surface area contributed by atoms with Crippen molar-refractivity contribution in [2.45, 2.75) is 31.8 Å². The van der Waals surface area contributed by atoms with Crippen LogP contribution in [0.15, 0.2) is 41.8 Å². The minimum absolute atomic E-state index is 0.0309. The van der Waals surface area contributed by atoms with Gasteiger partial charge in [0.2, 0.25) is 5.91 Å². The predicted molar refractivity (Wildman–Crippen MR) is 101 cm³/mol. The van der Waals surface area contributed by atoms with Crippen LogP contribution >= 0.6 is 11.3 Å². The van der Waals surface area contributed by atoms with Gasteiger partial charge in [-0.25, -0.2) is 4.79 Å². The standard InChI is InChI=1S/C20H20N2O3S/c1-25-20(24)17-11-14-9-10-26-19(14)22(17)12-18(23)21-16-8-4-6-13-5-2-3-7-15(13)16/h2-3,5,7,9-11,16H,4,6,8,12H2,1H3,(H,21,23). The molecule has 134 valence electrons. The van der Waals surface area contributed by atoms with Gasteiger partial charge in [-0.05, 0) is 47.9 Å². The molecule has 1 aromatic carbocycles. The van der Waals surface area contributed by atoms with Gasteiger partial charge in [-0.3, -0.25) is 4.79 Å². The SMILES string of the molecule is COC(=O)c1cc2ccsc2n1CC(=O)NC1CCCc2ccccc21. The molecule has 6 heteroatoms. The van der Waals surface area contributed by atoms with Gasteiger partial charge < -0.3 is 14.6 Å². The molecule has 0 bridgehead atoms. The van der Waals surface area contributed by atoms with Crippen molar-refractivity contribution in [3.63, 3.8) is 0 Å². The molecule has 0 radical (unpaired) electrons. The number of hydrogen-bond acceptors (Lipinski definition) is 4. The van der Waals surface area contributed by atoms with Gasteiger partial charge in [-0.2, -0.15) is 0 Å². The zero-order valence-corrected chi connectivity index (χ0v) is 15.3. The summed E-state index contributed by atoms with van der Waals surface area (Å²) < 4.78 is 6.61. The number of aryl methyl sites for hydroxylation is 1. The number of ether oxygens (including phenoxy) is 1. The summed E-state index contributed by atoms with van der Waals surface area (Å²) >= 11 is 1.51. The minimum Gasteiger partial charge on any atom is -0.464 e. The van der Waals surface area contributed by atoms with Gasteiger partial charge in [-0.15, -0.1) is 11.3 Å². The molecule has 26 heavy (non-hydrogen) atoms. The molecule has 2 heterocycles. The number of rotatable bonds is 4. The lowest BCUT2D eigenvalue weighted by Crippen LogP contribution is -2.34. The van der Waals surface area contributed by atoms with Crippen LogP contribution in [0.1, 0.15) is 40.5 Å². The summed E-state index contributed by atoms with van der Waals surface area (Å²) in [6, 6.07) is 12.0. The molecule has 1 aliphatic rings. The van der Waals surface area contributed by atoms with E-state index >= 15 is 0 Å². The number of amides is 1. The van der Waals surface area contributed by atoms with E-state index in [-0.39, 0.29) is 18.5 Å². The van der Waals surface area contributed by atoms with Gasteiger partial charge in [-0.1, -0.05) is 24.3 Å². The fourth-order valence-corrected chi connectivity index (χ4v) is 4.59. The van der Waals surface area contributed by atoms with Gasteiger partial charge in [0, 0.05) is 5.39 Å². The van der Waals surface area contributed by atoms with Gasteiger partial charge in [0.25, 0.3) is 0 Å². The highest BCUT2D eigenvalue weighted by Gasteiger charge is 2.23. The molecular weight excluding hydrogens is 348 g/mol. The largest absolute Gasteiger partial charge is 0.464 e. The number of nitrogens with one attached hydrogen (secondary N) is 1. The Morgan fingerprint density at radius 1 is 1.31 bits per heavy atom. The second kappa shape index (κ2) is 6.96.